The van der Waals surface area contributed by atoms with Gasteiger partial charge in [-0.3, -0.25) is 14.3 Å². The van der Waals surface area contributed by atoms with Crippen LogP contribution in [0.25, 0.3) is 33.5 Å². The van der Waals surface area contributed by atoms with E-state index in [0.29, 0.717) is 5.82 Å². The topological polar surface area (TPSA) is 73.5 Å². The number of aryl methyl sites for hydroxylation is 2. The van der Waals surface area contributed by atoms with Gasteiger partial charge in [0.25, 0.3) is 0 Å². The van der Waals surface area contributed by atoms with Crippen molar-refractivity contribution in [3.05, 3.63) is 73.1 Å². The molecule has 0 aliphatic rings. The molecule has 0 saturated carbocycles. The average Bonchev–Trinajstić information content (AvgIpc) is 3.32. The van der Waals surface area contributed by atoms with E-state index in [0.717, 1.165) is 39.4 Å². The summed E-state index contributed by atoms with van der Waals surface area (Å²) in [5, 5.41) is 13.4. The first-order chi connectivity index (χ1) is 14.2. The number of hydrogen-bond acceptors (Lipinski definition) is 5. The number of anilines is 2. The van der Waals surface area contributed by atoms with Gasteiger partial charge in [0.1, 0.15) is 11.6 Å². The van der Waals surface area contributed by atoms with Crippen molar-refractivity contribution in [2.45, 2.75) is 0 Å². The van der Waals surface area contributed by atoms with Gasteiger partial charge in [-0.1, -0.05) is 36.4 Å². The molecule has 0 spiro atoms. The molecule has 0 atom stereocenters. The lowest BCUT2D eigenvalue weighted by Crippen LogP contribution is -2.02. The first-order valence-electron chi connectivity index (χ1n) is 9.30. The Morgan fingerprint density at radius 2 is 1.69 bits per heavy atom. The smallest absolute Gasteiger partial charge is 0.160 e. The van der Waals surface area contributed by atoms with Gasteiger partial charge >= 0.3 is 0 Å². The van der Waals surface area contributed by atoms with Gasteiger partial charge in [-0.05, 0) is 18.2 Å². The molecule has 4 heterocycles. The minimum Gasteiger partial charge on any atom is -0.325 e. The SMILES string of the molecule is Cn1nc(-c2ccccc2)cc1Nc1cc(-c2ccccn2)c2cnn(C)c2n1. The number of benzene rings is 1. The Morgan fingerprint density at radius 3 is 2.48 bits per heavy atom. The summed E-state index contributed by atoms with van der Waals surface area (Å²) in [7, 11) is 3.80. The molecule has 1 aromatic carbocycles. The quantitative estimate of drug-likeness (QED) is 0.506. The van der Waals surface area contributed by atoms with E-state index in [1.807, 2.05) is 85.6 Å². The second kappa shape index (κ2) is 6.87. The zero-order valence-electron chi connectivity index (χ0n) is 16.1. The van der Waals surface area contributed by atoms with Crippen LogP contribution in [0.3, 0.4) is 0 Å². The highest BCUT2D eigenvalue weighted by atomic mass is 15.3. The maximum atomic E-state index is 4.76. The lowest BCUT2D eigenvalue weighted by Gasteiger charge is -2.09. The summed E-state index contributed by atoms with van der Waals surface area (Å²) >= 11 is 0. The Bertz CT molecular complexity index is 1290. The molecule has 4 aromatic heterocycles. The summed E-state index contributed by atoms with van der Waals surface area (Å²) in [6.45, 7) is 0. The fourth-order valence-electron chi connectivity index (χ4n) is 3.38. The fraction of sp³-hybridized carbons (Fsp3) is 0.0909. The number of rotatable bonds is 4. The Labute approximate surface area is 167 Å². The van der Waals surface area contributed by atoms with Gasteiger partial charge in [-0.15, -0.1) is 0 Å². The summed E-state index contributed by atoms with van der Waals surface area (Å²) in [4.78, 5) is 9.27. The first-order valence-corrected chi connectivity index (χ1v) is 9.30. The summed E-state index contributed by atoms with van der Waals surface area (Å²) in [6.07, 6.45) is 3.62. The number of nitrogens with zero attached hydrogens (tertiary/aromatic N) is 6. The molecular weight excluding hydrogens is 362 g/mol. The van der Waals surface area contributed by atoms with E-state index in [-0.39, 0.29) is 0 Å². The highest BCUT2D eigenvalue weighted by Gasteiger charge is 2.14. The maximum Gasteiger partial charge on any atom is 0.160 e. The zero-order chi connectivity index (χ0) is 19.8. The molecule has 142 valence electrons. The molecule has 5 rings (SSSR count). The third-order valence-electron chi connectivity index (χ3n) is 4.85. The molecule has 7 nitrogen and oxygen atoms in total. The monoisotopic (exact) mass is 381 g/mol. The van der Waals surface area contributed by atoms with Crippen LogP contribution in [-0.4, -0.2) is 29.5 Å². The van der Waals surface area contributed by atoms with Crippen LogP contribution in [0.5, 0.6) is 0 Å². The molecule has 5 aromatic rings. The van der Waals surface area contributed by atoms with Crippen LogP contribution in [-0.2, 0) is 14.1 Å². The van der Waals surface area contributed by atoms with E-state index in [1.165, 1.54) is 0 Å². The summed E-state index contributed by atoms with van der Waals surface area (Å²) in [6, 6.07) is 20.0. The van der Waals surface area contributed by atoms with E-state index < -0.39 is 0 Å². The highest BCUT2D eigenvalue weighted by molar-refractivity contribution is 5.93. The summed E-state index contributed by atoms with van der Waals surface area (Å²) in [5.41, 5.74) is 4.63. The van der Waals surface area contributed by atoms with Crippen LogP contribution in [0.15, 0.2) is 73.1 Å². The molecule has 0 aliphatic heterocycles. The normalized spacial score (nSPS) is 11.1. The molecule has 0 saturated heterocycles. The van der Waals surface area contributed by atoms with Crippen molar-refractivity contribution in [3.8, 4) is 22.5 Å². The van der Waals surface area contributed by atoms with E-state index in [1.54, 1.807) is 10.9 Å². The number of nitrogens with one attached hydrogen (secondary N) is 1. The van der Waals surface area contributed by atoms with E-state index in [2.05, 4.69) is 20.5 Å². The molecule has 0 bridgehead atoms. The Kier molecular flexibility index (Phi) is 4.05. The van der Waals surface area contributed by atoms with E-state index >= 15 is 0 Å². The Morgan fingerprint density at radius 1 is 0.862 bits per heavy atom. The van der Waals surface area contributed by atoms with Gasteiger partial charge < -0.3 is 5.32 Å². The van der Waals surface area contributed by atoms with Crippen molar-refractivity contribution in [2.24, 2.45) is 14.1 Å². The van der Waals surface area contributed by atoms with Crippen molar-refractivity contribution in [1.82, 2.24) is 29.5 Å². The largest absolute Gasteiger partial charge is 0.325 e. The van der Waals surface area contributed by atoms with Gasteiger partial charge in [0.05, 0.1) is 17.6 Å². The number of fused-ring (bicyclic) bond motifs is 1. The molecule has 1 N–H and O–H groups in total. The summed E-state index contributed by atoms with van der Waals surface area (Å²) < 4.78 is 3.59. The van der Waals surface area contributed by atoms with Gasteiger partial charge in [0.15, 0.2) is 5.65 Å². The van der Waals surface area contributed by atoms with Gasteiger partial charge in [0, 0.05) is 42.9 Å². The lowest BCUT2D eigenvalue weighted by atomic mass is 10.1. The van der Waals surface area contributed by atoms with Crippen molar-refractivity contribution in [2.75, 3.05) is 5.32 Å². The predicted molar refractivity (Wildman–Crippen MR) is 114 cm³/mol. The van der Waals surface area contributed by atoms with Crippen molar-refractivity contribution in [1.29, 1.82) is 0 Å². The Balaban J connectivity index is 1.58. The third kappa shape index (κ3) is 3.12. The highest BCUT2D eigenvalue weighted by Crippen LogP contribution is 2.30. The lowest BCUT2D eigenvalue weighted by molar-refractivity contribution is 0.777. The molecule has 7 heteroatoms. The van der Waals surface area contributed by atoms with Crippen molar-refractivity contribution >= 4 is 22.7 Å². The fourth-order valence-corrected chi connectivity index (χ4v) is 3.38. The van der Waals surface area contributed by atoms with Crippen LogP contribution < -0.4 is 5.32 Å². The van der Waals surface area contributed by atoms with Crippen LogP contribution in [0.4, 0.5) is 11.6 Å². The van der Waals surface area contributed by atoms with Crippen LogP contribution >= 0.6 is 0 Å². The van der Waals surface area contributed by atoms with Crippen LogP contribution in [0.1, 0.15) is 0 Å². The first kappa shape index (κ1) is 17.1. The zero-order valence-corrected chi connectivity index (χ0v) is 16.1. The third-order valence-corrected chi connectivity index (χ3v) is 4.85. The van der Waals surface area contributed by atoms with Gasteiger partial charge in [-0.25, -0.2) is 4.98 Å². The second-order valence-corrected chi connectivity index (χ2v) is 6.80. The Hall–Kier alpha value is -4.00. The average molecular weight is 381 g/mol. The molecule has 0 amide bonds. The summed E-state index contributed by atoms with van der Waals surface area (Å²) in [5.74, 6) is 1.56. The maximum absolute atomic E-state index is 4.76. The van der Waals surface area contributed by atoms with Gasteiger partial charge in [0.2, 0.25) is 0 Å². The standard InChI is InChI=1S/C22H19N7/c1-28-21(13-19(27-28)15-8-4-3-5-9-15)25-20-12-16(18-10-6-7-11-23-18)17-14-24-29(2)22(17)26-20/h3-14H,1-2H3,(H,25,26). The van der Waals surface area contributed by atoms with Crippen molar-refractivity contribution in [3.63, 3.8) is 0 Å². The number of hydrogen-bond donors (Lipinski definition) is 1. The molecule has 29 heavy (non-hydrogen) atoms. The number of aromatic nitrogens is 6. The number of pyridine rings is 2. The van der Waals surface area contributed by atoms with Crippen LogP contribution in [0.2, 0.25) is 0 Å². The van der Waals surface area contributed by atoms with E-state index in [4.69, 9.17) is 4.98 Å². The molecule has 0 radical (unpaired) electrons. The van der Waals surface area contributed by atoms with Crippen LogP contribution in [0, 0.1) is 0 Å². The molecular formula is C22H19N7. The van der Waals surface area contributed by atoms with Crippen molar-refractivity contribution < 1.29 is 0 Å². The van der Waals surface area contributed by atoms with E-state index in [9.17, 15) is 0 Å². The molecule has 0 fully saturated rings. The minimum atomic E-state index is 0.712. The minimum absolute atomic E-state index is 0.712. The second-order valence-electron chi connectivity index (χ2n) is 6.80. The van der Waals surface area contributed by atoms with Gasteiger partial charge in [-0.2, -0.15) is 10.2 Å². The molecule has 0 aliphatic carbocycles. The predicted octanol–water partition coefficient (Wildman–Crippen LogP) is 4.17. The molecule has 0 unspecified atom stereocenters.